The minimum Gasteiger partial charge on any atom is -0.396 e. The van der Waals surface area contributed by atoms with E-state index in [0.29, 0.717) is 11.8 Å². The van der Waals surface area contributed by atoms with Crippen molar-refractivity contribution in [1.82, 2.24) is 19.7 Å². The number of aliphatic hydroxyl groups excluding tert-OH is 1. The van der Waals surface area contributed by atoms with Gasteiger partial charge >= 0.3 is 0 Å². The van der Waals surface area contributed by atoms with Crippen LogP contribution in [0.2, 0.25) is 0 Å². The normalized spacial score (nSPS) is 30.8. The third kappa shape index (κ3) is 2.96. The van der Waals surface area contributed by atoms with Gasteiger partial charge in [0.2, 0.25) is 0 Å². The van der Waals surface area contributed by atoms with Crippen molar-refractivity contribution in [2.24, 2.45) is 17.8 Å². The molecule has 0 amide bonds. The van der Waals surface area contributed by atoms with Crippen molar-refractivity contribution in [1.29, 1.82) is 0 Å². The van der Waals surface area contributed by atoms with Gasteiger partial charge in [0, 0.05) is 38.1 Å². The molecule has 5 heterocycles. The van der Waals surface area contributed by atoms with Crippen molar-refractivity contribution in [2.45, 2.75) is 71.1 Å². The van der Waals surface area contributed by atoms with Gasteiger partial charge in [-0.25, -0.2) is 14.6 Å². The molecule has 2 aromatic rings. The molecule has 1 N–H and O–H groups in total. The van der Waals surface area contributed by atoms with Crippen molar-refractivity contribution < 1.29 is 9.84 Å². The van der Waals surface area contributed by atoms with E-state index in [-0.39, 0.29) is 24.2 Å². The van der Waals surface area contributed by atoms with Gasteiger partial charge < -0.3 is 14.7 Å². The number of aliphatic hydroxyl groups is 1. The summed E-state index contributed by atoms with van der Waals surface area (Å²) in [6.07, 6.45) is 7.26. The van der Waals surface area contributed by atoms with E-state index in [1.54, 1.807) is 6.33 Å². The molecule has 2 bridgehead atoms. The number of hydrogen-bond acceptors (Lipinski definition) is 6. The smallest absolute Gasteiger partial charge is 0.163 e. The van der Waals surface area contributed by atoms with E-state index < -0.39 is 0 Å². The zero-order valence-corrected chi connectivity index (χ0v) is 17.8. The van der Waals surface area contributed by atoms with Crippen molar-refractivity contribution in [3.8, 4) is 0 Å². The molecule has 0 unspecified atom stereocenters. The van der Waals surface area contributed by atoms with Crippen LogP contribution in [0.3, 0.4) is 0 Å². The lowest BCUT2D eigenvalue weighted by Gasteiger charge is -2.27. The molecular formula is C22H33N5O2. The van der Waals surface area contributed by atoms with E-state index in [1.165, 1.54) is 0 Å². The number of anilines is 1. The SMILES string of the molecule is CCCCn1nc(CC(C)C)c2c(N3C[C@H]4[C@@H](CO)[C@@H]5CC[C@@]4(C3)O5)ncnc21. The fourth-order valence-corrected chi connectivity index (χ4v) is 5.89. The molecule has 4 atom stereocenters. The minimum absolute atomic E-state index is 0.105. The Bertz CT molecular complexity index is 897. The average Bonchev–Trinajstić information content (AvgIpc) is 3.43. The maximum Gasteiger partial charge on any atom is 0.163 e. The summed E-state index contributed by atoms with van der Waals surface area (Å²) < 4.78 is 8.52. The monoisotopic (exact) mass is 399 g/mol. The average molecular weight is 400 g/mol. The molecule has 0 aromatic carbocycles. The van der Waals surface area contributed by atoms with Crippen molar-refractivity contribution in [3.63, 3.8) is 0 Å². The predicted octanol–water partition coefficient (Wildman–Crippen LogP) is 2.80. The van der Waals surface area contributed by atoms with Crippen LogP contribution in [0.15, 0.2) is 6.33 Å². The fourth-order valence-electron chi connectivity index (χ4n) is 5.89. The molecule has 0 saturated carbocycles. The standard InChI is InChI=1S/C22H33N5O2/c1-4-5-8-27-21-19(17(25-27)9-14(2)3)20(23-13-24-21)26-10-16-15(11-28)18-6-7-22(16,12-26)29-18/h13-16,18,28H,4-12H2,1-3H3/t15-,16+,18+,22+/m1/s1. The first-order chi connectivity index (χ1) is 14.1. The fraction of sp³-hybridized carbons (Fsp3) is 0.773. The van der Waals surface area contributed by atoms with Gasteiger partial charge in [-0.05, 0) is 31.6 Å². The van der Waals surface area contributed by atoms with Gasteiger partial charge in [-0.15, -0.1) is 0 Å². The molecule has 3 aliphatic rings. The van der Waals surface area contributed by atoms with Crippen molar-refractivity contribution in [3.05, 3.63) is 12.0 Å². The number of aromatic nitrogens is 4. The maximum atomic E-state index is 9.95. The molecular weight excluding hydrogens is 366 g/mol. The molecule has 0 radical (unpaired) electrons. The number of aryl methyl sites for hydroxylation is 1. The lowest BCUT2D eigenvalue weighted by atomic mass is 9.74. The zero-order chi connectivity index (χ0) is 20.2. The number of hydrogen-bond donors (Lipinski definition) is 1. The van der Waals surface area contributed by atoms with Crippen LogP contribution in [0.25, 0.3) is 11.0 Å². The molecule has 7 nitrogen and oxygen atoms in total. The summed E-state index contributed by atoms with van der Waals surface area (Å²) in [6.45, 7) is 9.54. The number of ether oxygens (including phenoxy) is 1. The van der Waals surface area contributed by atoms with Crippen LogP contribution in [0, 0.1) is 17.8 Å². The summed E-state index contributed by atoms with van der Waals surface area (Å²) in [5.74, 6) is 2.17. The van der Waals surface area contributed by atoms with E-state index in [4.69, 9.17) is 14.8 Å². The first-order valence-corrected chi connectivity index (χ1v) is 11.3. The summed E-state index contributed by atoms with van der Waals surface area (Å²) in [7, 11) is 0. The lowest BCUT2D eigenvalue weighted by molar-refractivity contribution is 0.0129. The zero-order valence-electron chi connectivity index (χ0n) is 17.8. The highest BCUT2D eigenvalue weighted by atomic mass is 16.5. The van der Waals surface area contributed by atoms with Gasteiger partial charge in [0.05, 0.1) is 22.8 Å². The lowest BCUT2D eigenvalue weighted by Crippen LogP contribution is -2.37. The van der Waals surface area contributed by atoms with Crippen molar-refractivity contribution in [2.75, 3.05) is 24.6 Å². The van der Waals surface area contributed by atoms with Gasteiger partial charge in [0.25, 0.3) is 0 Å². The first-order valence-electron chi connectivity index (χ1n) is 11.3. The minimum atomic E-state index is -0.105. The Labute approximate surface area is 172 Å². The number of rotatable bonds is 7. The third-order valence-electron chi connectivity index (χ3n) is 7.20. The van der Waals surface area contributed by atoms with Gasteiger partial charge in [-0.1, -0.05) is 27.2 Å². The van der Waals surface area contributed by atoms with Gasteiger partial charge in [-0.2, -0.15) is 5.10 Å². The van der Waals surface area contributed by atoms with Crippen LogP contribution in [0.5, 0.6) is 0 Å². The number of unbranched alkanes of at least 4 members (excludes halogenated alkanes) is 1. The van der Waals surface area contributed by atoms with E-state index in [1.807, 2.05) is 0 Å². The van der Waals surface area contributed by atoms with Crippen LogP contribution >= 0.6 is 0 Å². The number of nitrogens with zero attached hydrogens (tertiary/aromatic N) is 5. The number of fused-ring (bicyclic) bond motifs is 2. The molecule has 3 aliphatic heterocycles. The highest BCUT2D eigenvalue weighted by molar-refractivity contribution is 5.90. The van der Waals surface area contributed by atoms with Gasteiger partial charge in [0.1, 0.15) is 12.1 Å². The molecule has 1 spiro atoms. The molecule has 3 fully saturated rings. The first kappa shape index (κ1) is 19.2. The van der Waals surface area contributed by atoms with Crippen LogP contribution < -0.4 is 4.90 Å². The third-order valence-corrected chi connectivity index (χ3v) is 7.20. The van der Waals surface area contributed by atoms with Crippen molar-refractivity contribution >= 4 is 16.9 Å². The molecule has 2 aromatic heterocycles. The van der Waals surface area contributed by atoms with Gasteiger partial charge in [0.15, 0.2) is 5.65 Å². The highest BCUT2D eigenvalue weighted by Crippen LogP contribution is 2.55. The molecule has 3 saturated heterocycles. The van der Waals surface area contributed by atoms with E-state index in [0.717, 1.165) is 74.3 Å². The molecule has 158 valence electrons. The maximum absolute atomic E-state index is 9.95. The van der Waals surface area contributed by atoms with E-state index in [2.05, 4.69) is 35.3 Å². The Balaban J connectivity index is 1.54. The molecule has 29 heavy (non-hydrogen) atoms. The Morgan fingerprint density at radius 1 is 1.34 bits per heavy atom. The topological polar surface area (TPSA) is 76.3 Å². The second kappa shape index (κ2) is 7.20. The summed E-state index contributed by atoms with van der Waals surface area (Å²) in [5.41, 5.74) is 1.96. The van der Waals surface area contributed by atoms with Gasteiger partial charge in [-0.3, -0.25) is 0 Å². The summed E-state index contributed by atoms with van der Waals surface area (Å²) in [6, 6.07) is 0. The molecule has 0 aliphatic carbocycles. The second-order valence-electron chi connectivity index (χ2n) is 9.61. The summed E-state index contributed by atoms with van der Waals surface area (Å²) >= 11 is 0. The summed E-state index contributed by atoms with van der Waals surface area (Å²) in [4.78, 5) is 11.8. The summed E-state index contributed by atoms with van der Waals surface area (Å²) in [5, 5.41) is 16.0. The van der Waals surface area contributed by atoms with E-state index >= 15 is 0 Å². The van der Waals surface area contributed by atoms with Crippen LogP contribution in [-0.2, 0) is 17.7 Å². The Hall–Kier alpha value is -1.73. The quantitative estimate of drug-likeness (QED) is 0.772. The highest BCUT2D eigenvalue weighted by Gasteiger charge is 2.63. The Morgan fingerprint density at radius 3 is 2.97 bits per heavy atom. The van der Waals surface area contributed by atoms with Crippen LogP contribution in [-0.4, -0.2) is 56.3 Å². The Kier molecular flexibility index (Phi) is 4.78. The predicted molar refractivity (Wildman–Crippen MR) is 112 cm³/mol. The van der Waals surface area contributed by atoms with E-state index in [9.17, 15) is 5.11 Å². The molecule has 5 rings (SSSR count). The molecule has 7 heteroatoms. The Morgan fingerprint density at radius 2 is 2.21 bits per heavy atom. The second-order valence-corrected chi connectivity index (χ2v) is 9.61. The van der Waals surface area contributed by atoms with Crippen LogP contribution in [0.4, 0.5) is 5.82 Å². The van der Waals surface area contributed by atoms with Crippen LogP contribution in [0.1, 0.15) is 52.1 Å². The largest absolute Gasteiger partial charge is 0.396 e.